The van der Waals surface area contributed by atoms with Crippen LogP contribution in [0.15, 0.2) is 0 Å². The minimum Gasteiger partial charge on any atom is -0.544 e. The molecule has 0 saturated heterocycles. The maximum absolute atomic E-state index is 11.3. The van der Waals surface area contributed by atoms with Crippen molar-refractivity contribution in [2.24, 2.45) is 5.41 Å². The fourth-order valence-electron chi connectivity index (χ4n) is 2.24. The first kappa shape index (κ1) is 37.9. The van der Waals surface area contributed by atoms with Crippen LogP contribution in [0.1, 0.15) is 108 Å². The van der Waals surface area contributed by atoms with Gasteiger partial charge in [-0.3, -0.25) is 4.79 Å². The van der Waals surface area contributed by atoms with Crippen LogP contribution in [0.5, 0.6) is 0 Å². The van der Waals surface area contributed by atoms with Crippen LogP contribution >= 0.6 is 11.8 Å². The largest absolute Gasteiger partial charge is 0.544 e. The lowest BCUT2D eigenvalue weighted by molar-refractivity contribution is -0.438. The molecule has 7 nitrogen and oxygen atoms in total. The molecule has 8 heteroatoms. The Hall–Kier alpha value is -0.670. The van der Waals surface area contributed by atoms with Crippen molar-refractivity contribution < 1.29 is 31.9 Å². The molecule has 0 heterocycles. The van der Waals surface area contributed by atoms with Crippen molar-refractivity contribution >= 4 is 23.5 Å². The van der Waals surface area contributed by atoms with Crippen molar-refractivity contribution in [3.8, 4) is 0 Å². The van der Waals surface area contributed by atoms with Gasteiger partial charge in [0, 0.05) is 40.7 Å². The minimum atomic E-state index is -1.05. The SMILES string of the molecule is CC(C)(C)NCCCC[C@H]([NH3+])C(=O)[O-].C[C@@H]([NH3+])CCC(=O)C(C)(C)C.C[C@@H]([NH3+])CSC(C)(C)C. The second-order valence-corrected chi connectivity index (χ2v) is 14.4. The third kappa shape index (κ3) is 33.5. The summed E-state index contributed by atoms with van der Waals surface area (Å²) in [6.07, 6.45) is 4.06. The van der Waals surface area contributed by atoms with E-state index in [9.17, 15) is 14.7 Å². The van der Waals surface area contributed by atoms with Crippen LogP contribution in [0, 0.1) is 5.41 Å². The van der Waals surface area contributed by atoms with E-state index in [-0.39, 0.29) is 11.0 Å². The highest BCUT2D eigenvalue weighted by Crippen LogP contribution is 2.22. The number of nitrogens with one attached hydrogen (secondary N) is 1. The molecule has 0 aliphatic heterocycles. The molecule has 0 fully saturated rings. The summed E-state index contributed by atoms with van der Waals surface area (Å²) >= 11 is 1.98. The molecule has 206 valence electrons. The number of quaternary nitrogens is 3. The smallest absolute Gasteiger partial charge is 0.138 e. The van der Waals surface area contributed by atoms with Gasteiger partial charge in [-0.2, -0.15) is 0 Å². The zero-order valence-corrected chi connectivity index (χ0v) is 25.3. The number of hydrogen-bond acceptors (Lipinski definition) is 5. The molecule has 0 aliphatic rings. The maximum atomic E-state index is 11.3. The number of ketones is 1. The van der Waals surface area contributed by atoms with E-state index in [4.69, 9.17) is 0 Å². The van der Waals surface area contributed by atoms with Gasteiger partial charge in [0.15, 0.2) is 0 Å². The second-order valence-electron chi connectivity index (χ2n) is 12.5. The number of hydrogen-bond donors (Lipinski definition) is 4. The standard InChI is InChI=1S/C10H22N2O2.C9H19NO.C7H17NS/c1-10(2,3)12-7-5-4-6-8(11)9(13)14;1-7(10)5-6-8(11)9(2,3)4;1-6(8)5-9-7(2,3)4/h8,12H,4-7,11H2,1-3H3,(H,13,14);7H,5-6,10H2,1-4H3;6H,5,8H2,1-4H3/p+2/t8-;7-;6-/m011/s1. The topological polar surface area (TPSA) is 152 Å². The number of rotatable bonds is 11. The fourth-order valence-corrected chi connectivity index (χ4v) is 3.03. The Morgan fingerprint density at radius 1 is 0.853 bits per heavy atom. The van der Waals surface area contributed by atoms with Gasteiger partial charge in [0.25, 0.3) is 0 Å². The van der Waals surface area contributed by atoms with Gasteiger partial charge < -0.3 is 32.4 Å². The number of carboxylic acid groups (broad SMARTS) is 1. The number of thioether (sulfide) groups is 1. The number of carbonyl (C=O) groups is 2. The first-order chi connectivity index (χ1) is 15.1. The third-order valence-electron chi connectivity index (χ3n) is 4.47. The summed E-state index contributed by atoms with van der Waals surface area (Å²) in [5, 5.41) is 13.7. The molecule has 0 saturated carbocycles. The van der Waals surface area contributed by atoms with Crippen LogP contribution in [0.4, 0.5) is 0 Å². The van der Waals surface area contributed by atoms with Crippen LogP contribution in [0.25, 0.3) is 0 Å². The highest BCUT2D eigenvalue weighted by Gasteiger charge is 2.21. The van der Waals surface area contributed by atoms with Crippen molar-refractivity contribution in [2.45, 2.75) is 137 Å². The van der Waals surface area contributed by atoms with Crippen molar-refractivity contribution in [3.05, 3.63) is 0 Å². The normalized spacial score (nSPS) is 14.6. The van der Waals surface area contributed by atoms with E-state index in [1.54, 1.807) is 0 Å². The lowest BCUT2D eigenvalue weighted by Gasteiger charge is -2.20. The van der Waals surface area contributed by atoms with Crippen LogP contribution < -0.4 is 27.6 Å². The molecule has 0 spiro atoms. The molecule has 0 aromatic heterocycles. The van der Waals surface area contributed by atoms with Crippen molar-refractivity contribution in [2.75, 3.05) is 12.3 Å². The van der Waals surface area contributed by atoms with E-state index in [1.807, 2.05) is 39.5 Å². The highest BCUT2D eigenvalue weighted by molar-refractivity contribution is 8.00. The van der Waals surface area contributed by atoms with Crippen molar-refractivity contribution in [3.63, 3.8) is 0 Å². The van der Waals surface area contributed by atoms with Gasteiger partial charge in [0.1, 0.15) is 11.8 Å². The Bertz CT molecular complexity index is 534. The molecule has 0 radical (unpaired) electrons. The average molecular weight is 509 g/mol. The van der Waals surface area contributed by atoms with E-state index < -0.39 is 12.0 Å². The number of carbonyl (C=O) groups excluding carboxylic acids is 2. The Balaban J connectivity index is -0.000000435. The summed E-state index contributed by atoms with van der Waals surface area (Å²) in [5.41, 5.74) is 11.2. The first-order valence-corrected chi connectivity index (χ1v) is 13.7. The maximum Gasteiger partial charge on any atom is 0.138 e. The molecule has 3 atom stereocenters. The molecule has 0 unspecified atom stereocenters. The van der Waals surface area contributed by atoms with Crippen LogP contribution in [-0.4, -0.2) is 52.5 Å². The lowest BCUT2D eigenvalue weighted by Crippen LogP contribution is -2.68. The lowest BCUT2D eigenvalue weighted by atomic mass is 9.87. The van der Waals surface area contributed by atoms with Crippen molar-refractivity contribution in [1.82, 2.24) is 5.32 Å². The molecule has 0 aromatic rings. The Kier molecular flexibility index (Phi) is 20.7. The molecule has 0 aromatic carbocycles. The first-order valence-electron chi connectivity index (χ1n) is 12.7. The quantitative estimate of drug-likeness (QED) is 0.308. The Morgan fingerprint density at radius 3 is 1.65 bits per heavy atom. The van der Waals surface area contributed by atoms with Gasteiger partial charge in [0.2, 0.25) is 0 Å². The molecule has 0 bridgehead atoms. The minimum absolute atomic E-state index is 0.137. The molecule has 10 N–H and O–H groups in total. The van der Waals surface area contributed by atoms with Gasteiger partial charge in [-0.25, -0.2) is 0 Å². The Labute approximate surface area is 215 Å². The van der Waals surface area contributed by atoms with Gasteiger partial charge in [-0.05, 0) is 54.0 Å². The number of aliphatic carboxylic acids is 1. The van der Waals surface area contributed by atoms with Crippen LogP contribution in [-0.2, 0) is 9.59 Å². The fraction of sp³-hybridized carbons (Fsp3) is 0.923. The number of Topliss-reactive ketones (excluding diaryl/α,β-unsaturated/α-hetero) is 1. The highest BCUT2D eigenvalue weighted by atomic mass is 32.2. The number of unbranched alkanes of at least 4 members (excludes halogenated alkanes) is 1. The number of carboxylic acids is 1. The van der Waals surface area contributed by atoms with E-state index in [0.717, 1.165) is 25.8 Å². The average Bonchev–Trinajstić information content (AvgIpc) is 2.62. The zero-order chi connectivity index (χ0) is 27.8. The van der Waals surface area contributed by atoms with Gasteiger partial charge >= 0.3 is 0 Å². The van der Waals surface area contributed by atoms with Gasteiger partial charge in [0.05, 0.1) is 18.1 Å². The predicted molar refractivity (Wildman–Crippen MR) is 144 cm³/mol. The summed E-state index contributed by atoms with van der Waals surface area (Å²) in [4.78, 5) is 21.7. The van der Waals surface area contributed by atoms with Gasteiger partial charge in [-0.1, -0.05) is 41.5 Å². The summed E-state index contributed by atoms with van der Waals surface area (Å²) in [5.74, 6) is 0.463. The third-order valence-corrected chi connectivity index (χ3v) is 6.07. The van der Waals surface area contributed by atoms with E-state index in [2.05, 4.69) is 71.0 Å². The Morgan fingerprint density at radius 2 is 1.35 bits per heavy atom. The monoisotopic (exact) mass is 508 g/mol. The molecule has 34 heavy (non-hydrogen) atoms. The van der Waals surface area contributed by atoms with E-state index >= 15 is 0 Å². The molecule has 0 aliphatic carbocycles. The summed E-state index contributed by atoms with van der Waals surface area (Å²) in [6, 6.07) is 0.403. The van der Waals surface area contributed by atoms with Crippen LogP contribution in [0.2, 0.25) is 0 Å². The molecule has 0 rings (SSSR count). The van der Waals surface area contributed by atoms with E-state index in [1.165, 1.54) is 5.75 Å². The van der Waals surface area contributed by atoms with Gasteiger partial charge in [-0.15, -0.1) is 11.8 Å². The second kappa shape index (κ2) is 18.6. The van der Waals surface area contributed by atoms with E-state index in [0.29, 0.717) is 35.5 Å². The zero-order valence-electron chi connectivity index (χ0n) is 24.4. The predicted octanol–water partition coefficient (Wildman–Crippen LogP) is 1.07. The van der Waals surface area contributed by atoms with Crippen LogP contribution in [0.3, 0.4) is 0 Å². The van der Waals surface area contributed by atoms with Crippen molar-refractivity contribution in [1.29, 1.82) is 0 Å². The molecule has 0 amide bonds. The molecular weight excluding hydrogens is 448 g/mol. The summed E-state index contributed by atoms with van der Waals surface area (Å²) in [7, 11) is 0. The molecular formula is C26H60N4O3S+2. The summed E-state index contributed by atoms with van der Waals surface area (Å²) in [6.45, 7) is 24.0. The summed E-state index contributed by atoms with van der Waals surface area (Å²) < 4.78 is 0.409.